The van der Waals surface area contributed by atoms with Crippen LogP contribution in [-0.2, 0) is 19.3 Å². The van der Waals surface area contributed by atoms with Crippen LogP contribution in [0.3, 0.4) is 0 Å². The number of allylic oxidation sites excluding steroid dienone is 1. The Morgan fingerprint density at radius 2 is 1.67 bits per heavy atom. The van der Waals surface area contributed by atoms with Crippen LogP contribution in [0.1, 0.15) is 54.9 Å². The van der Waals surface area contributed by atoms with Crippen molar-refractivity contribution in [3.8, 4) is 0 Å². The molecule has 0 aromatic heterocycles. The molecule has 1 aromatic carbocycles. The molecular formula is C26H44O5SSi. The van der Waals surface area contributed by atoms with Gasteiger partial charge in [-0.25, -0.2) is 8.42 Å². The summed E-state index contributed by atoms with van der Waals surface area (Å²) in [5.41, 5.74) is -1.92. The van der Waals surface area contributed by atoms with Crippen molar-refractivity contribution in [2.24, 2.45) is 5.41 Å². The van der Waals surface area contributed by atoms with E-state index in [0.717, 1.165) is 11.6 Å². The Labute approximate surface area is 202 Å². The highest BCUT2D eigenvalue weighted by Crippen LogP contribution is 2.50. The van der Waals surface area contributed by atoms with Gasteiger partial charge in [0.25, 0.3) is 0 Å². The zero-order valence-electron chi connectivity index (χ0n) is 22.2. The van der Waals surface area contributed by atoms with Crippen LogP contribution in [0.15, 0.2) is 46.9 Å². The molecule has 33 heavy (non-hydrogen) atoms. The fraction of sp³-hybridized carbons (Fsp3) is 0.692. The smallest absolute Gasteiger partial charge is 0.178 e. The largest absolute Gasteiger partial charge is 0.380 e. The van der Waals surface area contributed by atoms with E-state index in [1.165, 1.54) is 0 Å². The van der Waals surface area contributed by atoms with Crippen molar-refractivity contribution in [2.45, 2.75) is 109 Å². The molecule has 188 valence electrons. The lowest BCUT2D eigenvalue weighted by Gasteiger charge is -2.58. The van der Waals surface area contributed by atoms with Crippen LogP contribution >= 0.6 is 0 Å². The first-order valence-electron chi connectivity index (χ1n) is 11.8. The van der Waals surface area contributed by atoms with E-state index >= 15 is 0 Å². The second kappa shape index (κ2) is 9.23. The third-order valence-corrected chi connectivity index (χ3v) is 9.27. The van der Waals surface area contributed by atoms with E-state index in [0.29, 0.717) is 0 Å². The molecule has 1 aliphatic heterocycles. The van der Waals surface area contributed by atoms with E-state index in [9.17, 15) is 13.5 Å². The van der Waals surface area contributed by atoms with E-state index < -0.39 is 41.0 Å². The van der Waals surface area contributed by atoms with Crippen LogP contribution in [0.25, 0.3) is 0 Å². The Bertz CT molecular complexity index is 957. The lowest BCUT2D eigenvalue weighted by Crippen LogP contribution is -2.70. The summed E-state index contributed by atoms with van der Waals surface area (Å²) < 4.78 is 38.8. The number of ether oxygens (including phenoxy) is 2. The first-order chi connectivity index (χ1) is 14.7. The maximum absolute atomic E-state index is 13.1. The van der Waals surface area contributed by atoms with Crippen molar-refractivity contribution >= 4 is 17.9 Å². The number of hydrogen-bond donors (Lipinski definition) is 1. The molecule has 0 aliphatic carbocycles. The Morgan fingerprint density at radius 3 is 2.15 bits per heavy atom. The quantitative estimate of drug-likeness (QED) is 0.380. The number of aliphatic hydroxyl groups is 1. The lowest BCUT2D eigenvalue weighted by molar-refractivity contribution is -0.383. The van der Waals surface area contributed by atoms with Gasteiger partial charge in [-0.2, -0.15) is 0 Å². The summed E-state index contributed by atoms with van der Waals surface area (Å²) in [6, 6.07) is 9.22. The SMILES string of the molecule is C[C@@H]1OC(C)(C)O[C@@](C)(CCS(=O)(=O)c2ccccc2)[C@]1(O)/C(=C/C(C)(C)C)C[Si](C)(C)C. The fourth-order valence-corrected chi connectivity index (χ4v) is 7.87. The summed E-state index contributed by atoms with van der Waals surface area (Å²) in [5.74, 6) is -1.09. The molecule has 1 fully saturated rings. The van der Waals surface area contributed by atoms with Crippen LogP contribution in [0.5, 0.6) is 0 Å². The molecule has 0 saturated carbocycles. The van der Waals surface area contributed by atoms with Crippen molar-refractivity contribution < 1.29 is 23.0 Å². The van der Waals surface area contributed by atoms with Gasteiger partial charge in [0.2, 0.25) is 0 Å². The van der Waals surface area contributed by atoms with Gasteiger partial charge in [-0.05, 0) is 63.3 Å². The van der Waals surface area contributed by atoms with Crippen LogP contribution in [-0.4, -0.2) is 50.4 Å². The number of benzene rings is 1. The van der Waals surface area contributed by atoms with E-state index in [-0.39, 0.29) is 22.5 Å². The Hall–Kier alpha value is -0.993. The predicted octanol–water partition coefficient (Wildman–Crippen LogP) is 5.82. The molecule has 0 unspecified atom stereocenters. The lowest BCUT2D eigenvalue weighted by atomic mass is 9.70. The van der Waals surface area contributed by atoms with Gasteiger partial charge in [-0.15, -0.1) is 0 Å². The number of rotatable bonds is 7. The minimum atomic E-state index is -3.54. The molecule has 0 amide bonds. The Balaban J connectivity index is 2.59. The maximum Gasteiger partial charge on any atom is 0.178 e. The van der Waals surface area contributed by atoms with Gasteiger partial charge in [0.05, 0.1) is 16.8 Å². The first-order valence-corrected chi connectivity index (χ1v) is 17.2. The van der Waals surface area contributed by atoms with Gasteiger partial charge in [0.1, 0.15) is 11.2 Å². The van der Waals surface area contributed by atoms with Gasteiger partial charge in [-0.1, -0.05) is 64.7 Å². The van der Waals surface area contributed by atoms with Crippen molar-refractivity contribution in [2.75, 3.05) is 5.75 Å². The molecule has 0 bridgehead atoms. The van der Waals surface area contributed by atoms with Crippen LogP contribution in [0.4, 0.5) is 0 Å². The molecule has 2 rings (SSSR count). The Morgan fingerprint density at radius 1 is 1.12 bits per heavy atom. The van der Waals surface area contributed by atoms with Crippen molar-refractivity contribution in [1.82, 2.24) is 0 Å². The van der Waals surface area contributed by atoms with Gasteiger partial charge in [0, 0.05) is 8.07 Å². The second-order valence-corrected chi connectivity index (χ2v) is 20.0. The molecule has 5 nitrogen and oxygen atoms in total. The normalized spacial score (nSPS) is 29.2. The monoisotopic (exact) mass is 496 g/mol. The molecule has 1 aromatic rings. The minimum Gasteiger partial charge on any atom is -0.380 e. The summed E-state index contributed by atoms with van der Waals surface area (Å²) in [5, 5.41) is 12.5. The molecular weight excluding hydrogens is 452 g/mol. The molecule has 1 saturated heterocycles. The first kappa shape index (κ1) is 28.2. The topological polar surface area (TPSA) is 72.8 Å². The van der Waals surface area contributed by atoms with Crippen LogP contribution in [0.2, 0.25) is 25.7 Å². The number of sulfone groups is 1. The van der Waals surface area contributed by atoms with E-state index in [4.69, 9.17) is 9.47 Å². The summed E-state index contributed by atoms with van der Waals surface area (Å²) >= 11 is 0. The molecule has 0 spiro atoms. The van der Waals surface area contributed by atoms with E-state index in [1.54, 1.807) is 30.3 Å². The Kier molecular flexibility index (Phi) is 7.90. The average molecular weight is 497 g/mol. The standard InChI is InChI=1S/C26H44O5SSi/c1-20-26(27,21(18-23(2,3)4)19-33(8,9)10)25(7,31-24(5,6)30-20)16-17-32(28,29)22-14-12-11-13-15-22/h11-15,18,20,27H,16-17,19H2,1-10H3/b21-18+/t20-,25-,26+/m0/s1. The zero-order valence-corrected chi connectivity index (χ0v) is 24.0. The second-order valence-electron chi connectivity index (χ2n) is 12.4. The summed E-state index contributed by atoms with van der Waals surface area (Å²) in [6.45, 7) is 20.5. The summed E-state index contributed by atoms with van der Waals surface area (Å²) in [6.07, 6.45) is 1.71. The van der Waals surface area contributed by atoms with Gasteiger partial charge >= 0.3 is 0 Å². The van der Waals surface area contributed by atoms with Crippen molar-refractivity contribution in [3.63, 3.8) is 0 Å². The van der Waals surface area contributed by atoms with Crippen LogP contribution in [0, 0.1) is 5.41 Å². The predicted molar refractivity (Wildman–Crippen MR) is 138 cm³/mol. The minimum absolute atomic E-state index is 0.131. The summed E-state index contributed by atoms with van der Waals surface area (Å²) in [7, 11) is -5.19. The number of hydrogen-bond acceptors (Lipinski definition) is 5. The van der Waals surface area contributed by atoms with Gasteiger partial charge in [0.15, 0.2) is 15.6 Å². The highest BCUT2D eigenvalue weighted by molar-refractivity contribution is 7.91. The van der Waals surface area contributed by atoms with Crippen LogP contribution < -0.4 is 0 Å². The van der Waals surface area contributed by atoms with Crippen molar-refractivity contribution in [1.29, 1.82) is 0 Å². The van der Waals surface area contributed by atoms with Crippen molar-refractivity contribution in [3.05, 3.63) is 42.0 Å². The maximum atomic E-state index is 13.1. The van der Waals surface area contributed by atoms with Gasteiger partial charge < -0.3 is 14.6 Å². The van der Waals surface area contributed by atoms with E-state index in [1.807, 2.05) is 27.7 Å². The molecule has 3 atom stereocenters. The fourth-order valence-electron chi connectivity index (χ4n) is 4.89. The molecule has 7 heteroatoms. The highest BCUT2D eigenvalue weighted by atomic mass is 32.2. The third-order valence-electron chi connectivity index (χ3n) is 6.09. The third kappa shape index (κ3) is 6.79. The molecule has 1 aliphatic rings. The summed E-state index contributed by atoms with van der Waals surface area (Å²) in [4.78, 5) is 0.282. The zero-order chi connectivity index (χ0) is 25.5. The van der Waals surface area contributed by atoms with Gasteiger partial charge in [-0.3, -0.25) is 0 Å². The highest BCUT2D eigenvalue weighted by Gasteiger charge is 2.61. The molecule has 0 radical (unpaired) electrons. The molecule has 1 N–H and O–H groups in total. The van der Waals surface area contributed by atoms with E-state index in [2.05, 4.69) is 46.5 Å². The molecule has 1 heterocycles. The average Bonchev–Trinajstić information content (AvgIpc) is 2.62.